The fraction of sp³-hybridized carbons (Fsp3) is 0.433. The third-order valence-corrected chi connectivity index (χ3v) is 6.43. The molecule has 0 bridgehead atoms. The molecule has 1 amide bonds. The van der Waals surface area contributed by atoms with Gasteiger partial charge in [0.25, 0.3) is 0 Å². The van der Waals surface area contributed by atoms with E-state index < -0.39 is 0 Å². The Labute approximate surface area is 214 Å². The monoisotopic (exact) mass is 488 g/mol. The highest BCUT2D eigenvalue weighted by atomic mass is 32.2. The van der Waals surface area contributed by atoms with Crippen molar-refractivity contribution in [2.45, 2.75) is 51.9 Å². The SMILES string of the molecule is CCCCCN(CC#CC#CC(C)(C)C)CCNC(=O)CSc1ccc2oc3ccccc3c2c1. The van der Waals surface area contributed by atoms with Gasteiger partial charge in [0, 0.05) is 34.2 Å². The van der Waals surface area contributed by atoms with Gasteiger partial charge in [0.2, 0.25) is 5.91 Å². The molecule has 0 aliphatic carbocycles. The second-order valence-corrected chi connectivity index (χ2v) is 10.7. The number of hydrogen-bond donors (Lipinski definition) is 1. The van der Waals surface area contributed by atoms with E-state index in [0.717, 1.165) is 46.3 Å². The summed E-state index contributed by atoms with van der Waals surface area (Å²) in [5.41, 5.74) is 1.73. The first-order valence-corrected chi connectivity index (χ1v) is 13.4. The van der Waals surface area contributed by atoms with Gasteiger partial charge in [-0.1, -0.05) is 49.8 Å². The van der Waals surface area contributed by atoms with Gasteiger partial charge in [-0.3, -0.25) is 9.69 Å². The Balaban J connectivity index is 1.47. The summed E-state index contributed by atoms with van der Waals surface area (Å²) < 4.78 is 5.89. The van der Waals surface area contributed by atoms with E-state index in [1.807, 2.05) is 30.3 Å². The number of unbranched alkanes of at least 4 members (excludes halogenated alkanes) is 2. The summed E-state index contributed by atoms with van der Waals surface area (Å²) in [5.74, 6) is 12.7. The Morgan fingerprint density at radius 3 is 2.63 bits per heavy atom. The minimum Gasteiger partial charge on any atom is -0.456 e. The van der Waals surface area contributed by atoms with Crippen LogP contribution in [0.5, 0.6) is 0 Å². The second-order valence-electron chi connectivity index (χ2n) is 9.68. The number of para-hydroxylation sites is 1. The summed E-state index contributed by atoms with van der Waals surface area (Å²) in [6.07, 6.45) is 3.53. The number of amides is 1. The Hall–Kier alpha value is -2.86. The Morgan fingerprint density at radius 2 is 1.83 bits per heavy atom. The lowest BCUT2D eigenvalue weighted by Crippen LogP contribution is -2.36. The molecule has 0 unspecified atom stereocenters. The fourth-order valence-electron chi connectivity index (χ4n) is 3.62. The van der Waals surface area contributed by atoms with Gasteiger partial charge in [0.15, 0.2) is 0 Å². The van der Waals surface area contributed by atoms with Crippen molar-refractivity contribution in [2.75, 3.05) is 31.9 Å². The largest absolute Gasteiger partial charge is 0.456 e. The van der Waals surface area contributed by atoms with Crippen LogP contribution >= 0.6 is 11.8 Å². The van der Waals surface area contributed by atoms with Crippen LogP contribution in [0.1, 0.15) is 47.0 Å². The number of rotatable bonds is 11. The standard InChI is InChI=1S/C30H36N2O2S/c1-5-6-11-19-32(20-12-7-10-17-30(2,3)4)21-18-31-29(33)23-35-24-15-16-28-26(22-24)25-13-8-9-14-27(25)34-28/h8-9,13-16,22H,5-6,11,18-21,23H2,1-4H3,(H,31,33). The molecule has 0 radical (unpaired) electrons. The second kappa shape index (κ2) is 13.3. The van der Waals surface area contributed by atoms with Crippen molar-refractivity contribution in [2.24, 2.45) is 5.41 Å². The molecule has 0 atom stereocenters. The molecule has 4 nitrogen and oxygen atoms in total. The van der Waals surface area contributed by atoms with Crippen molar-refractivity contribution in [1.29, 1.82) is 0 Å². The molecule has 184 valence electrons. The highest BCUT2D eigenvalue weighted by molar-refractivity contribution is 8.00. The Kier molecular flexibility index (Phi) is 10.2. The molecule has 0 fully saturated rings. The molecule has 0 aliphatic heterocycles. The highest BCUT2D eigenvalue weighted by Crippen LogP contribution is 2.31. The predicted molar refractivity (Wildman–Crippen MR) is 148 cm³/mol. The summed E-state index contributed by atoms with van der Waals surface area (Å²) in [5, 5.41) is 5.25. The summed E-state index contributed by atoms with van der Waals surface area (Å²) in [6.45, 7) is 11.5. The van der Waals surface area contributed by atoms with E-state index in [0.29, 0.717) is 18.8 Å². The number of benzene rings is 2. The van der Waals surface area contributed by atoms with Crippen LogP contribution < -0.4 is 5.32 Å². The van der Waals surface area contributed by atoms with Crippen LogP contribution in [0.3, 0.4) is 0 Å². The van der Waals surface area contributed by atoms with Gasteiger partial charge in [-0.15, -0.1) is 11.8 Å². The molecule has 2 aromatic carbocycles. The van der Waals surface area contributed by atoms with Crippen LogP contribution in [0.25, 0.3) is 21.9 Å². The number of carbonyl (C=O) groups is 1. The first-order chi connectivity index (χ1) is 16.9. The van der Waals surface area contributed by atoms with Crippen molar-refractivity contribution in [1.82, 2.24) is 10.2 Å². The Bertz CT molecular complexity index is 1250. The van der Waals surface area contributed by atoms with Crippen LogP contribution in [0.4, 0.5) is 0 Å². The molecular weight excluding hydrogens is 452 g/mol. The molecule has 1 N–H and O–H groups in total. The maximum absolute atomic E-state index is 12.5. The van der Waals surface area contributed by atoms with Gasteiger partial charge >= 0.3 is 0 Å². The van der Waals surface area contributed by atoms with E-state index in [-0.39, 0.29) is 11.3 Å². The highest BCUT2D eigenvalue weighted by Gasteiger charge is 2.09. The molecule has 0 spiro atoms. The Morgan fingerprint density at radius 1 is 1.03 bits per heavy atom. The van der Waals surface area contributed by atoms with Crippen LogP contribution in [0, 0.1) is 29.1 Å². The maximum atomic E-state index is 12.5. The van der Waals surface area contributed by atoms with Crippen molar-refractivity contribution < 1.29 is 9.21 Å². The third kappa shape index (κ3) is 9.02. The van der Waals surface area contributed by atoms with E-state index in [4.69, 9.17) is 4.42 Å². The minimum absolute atomic E-state index is 0.0319. The van der Waals surface area contributed by atoms with Crippen LogP contribution in [-0.2, 0) is 4.79 Å². The number of nitrogens with zero attached hydrogens (tertiary/aromatic N) is 1. The van der Waals surface area contributed by atoms with E-state index in [2.05, 4.69) is 73.7 Å². The molecule has 3 rings (SSSR count). The summed E-state index contributed by atoms with van der Waals surface area (Å²) in [4.78, 5) is 15.8. The molecule has 0 saturated carbocycles. The lowest BCUT2D eigenvalue weighted by atomic mass is 9.98. The topological polar surface area (TPSA) is 45.5 Å². The normalized spacial score (nSPS) is 11.2. The van der Waals surface area contributed by atoms with E-state index in [9.17, 15) is 4.79 Å². The molecule has 0 aliphatic rings. The van der Waals surface area contributed by atoms with Crippen LogP contribution in [0.15, 0.2) is 51.8 Å². The average molecular weight is 489 g/mol. The van der Waals surface area contributed by atoms with E-state index >= 15 is 0 Å². The molecule has 1 heterocycles. The lowest BCUT2D eigenvalue weighted by molar-refractivity contribution is -0.118. The zero-order valence-corrected chi connectivity index (χ0v) is 22.2. The van der Waals surface area contributed by atoms with Crippen LogP contribution in [-0.4, -0.2) is 42.7 Å². The van der Waals surface area contributed by atoms with Crippen molar-refractivity contribution in [3.8, 4) is 23.7 Å². The fourth-order valence-corrected chi connectivity index (χ4v) is 4.38. The summed E-state index contributed by atoms with van der Waals surface area (Å²) >= 11 is 1.55. The van der Waals surface area contributed by atoms with Gasteiger partial charge in [0.05, 0.1) is 12.3 Å². The molecule has 0 saturated heterocycles. The zero-order chi connectivity index (χ0) is 25.1. The molecular formula is C30H36N2O2S. The van der Waals surface area contributed by atoms with E-state index in [1.165, 1.54) is 12.8 Å². The van der Waals surface area contributed by atoms with Gasteiger partial charge in [-0.05, 0) is 69.8 Å². The van der Waals surface area contributed by atoms with Crippen molar-refractivity contribution in [3.05, 3.63) is 42.5 Å². The van der Waals surface area contributed by atoms with Crippen LogP contribution in [0.2, 0.25) is 0 Å². The summed E-state index contributed by atoms with van der Waals surface area (Å²) in [6, 6.07) is 14.1. The zero-order valence-electron chi connectivity index (χ0n) is 21.4. The van der Waals surface area contributed by atoms with Gasteiger partial charge in [-0.25, -0.2) is 0 Å². The van der Waals surface area contributed by atoms with Crippen molar-refractivity contribution >= 4 is 39.6 Å². The maximum Gasteiger partial charge on any atom is 0.230 e. The quantitative estimate of drug-likeness (QED) is 0.194. The summed E-state index contributed by atoms with van der Waals surface area (Å²) in [7, 11) is 0. The number of furan rings is 1. The molecule has 35 heavy (non-hydrogen) atoms. The lowest BCUT2D eigenvalue weighted by Gasteiger charge is -2.19. The van der Waals surface area contributed by atoms with Crippen molar-refractivity contribution in [3.63, 3.8) is 0 Å². The average Bonchev–Trinajstić information content (AvgIpc) is 3.19. The molecule has 5 heteroatoms. The molecule has 3 aromatic rings. The number of fused-ring (bicyclic) bond motifs is 3. The number of hydrogen-bond acceptors (Lipinski definition) is 4. The minimum atomic E-state index is -0.0319. The molecule has 1 aromatic heterocycles. The van der Waals surface area contributed by atoms with Gasteiger partial charge < -0.3 is 9.73 Å². The smallest absolute Gasteiger partial charge is 0.230 e. The third-order valence-electron chi connectivity index (χ3n) is 5.44. The van der Waals surface area contributed by atoms with Gasteiger partial charge in [0.1, 0.15) is 11.2 Å². The number of nitrogens with one attached hydrogen (secondary N) is 1. The first-order valence-electron chi connectivity index (χ1n) is 12.4. The van der Waals surface area contributed by atoms with E-state index in [1.54, 1.807) is 11.8 Å². The predicted octanol–water partition coefficient (Wildman–Crippen LogP) is 6.34. The first kappa shape index (κ1) is 26.7. The van der Waals surface area contributed by atoms with Gasteiger partial charge in [-0.2, -0.15) is 0 Å². The number of carbonyl (C=O) groups excluding carboxylic acids is 1. The number of thioether (sulfide) groups is 1.